The summed E-state index contributed by atoms with van der Waals surface area (Å²) in [6.45, 7) is 3.67. The molecule has 0 fully saturated rings. The average molecular weight is 298 g/mol. The molecule has 1 heterocycles. The highest BCUT2D eigenvalue weighted by Gasteiger charge is 2.23. The normalized spacial score (nSPS) is 10.8. The van der Waals surface area contributed by atoms with Crippen molar-refractivity contribution < 1.29 is 14.3 Å². The Bertz CT molecular complexity index is 639. The summed E-state index contributed by atoms with van der Waals surface area (Å²) in [5, 5.41) is 2.84. The zero-order valence-electron chi connectivity index (χ0n) is 12.6. The Balaban J connectivity index is 1.91. The fourth-order valence-electron chi connectivity index (χ4n) is 1.82. The van der Waals surface area contributed by atoms with Crippen molar-refractivity contribution in [3.63, 3.8) is 0 Å². The first kappa shape index (κ1) is 15.7. The molecule has 0 saturated carbocycles. The Kier molecular flexibility index (Phi) is 4.88. The van der Waals surface area contributed by atoms with E-state index in [0.717, 1.165) is 0 Å². The summed E-state index contributed by atoms with van der Waals surface area (Å²) < 4.78 is 5.26. The summed E-state index contributed by atoms with van der Waals surface area (Å²) in [6.07, 6.45) is 3.11. The van der Waals surface area contributed by atoms with Crippen LogP contribution in [0.2, 0.25) is 0 Å². The average Bonchev–Trinajstić information content (AvgIpc) is 2.54. The number of rotatable bonds is 5. The van der Waals surface area contributed by atoms with Crippen LogP contribution in [-0.2, 0) is 4.74 Å². The molecule has 1 N–H and O–H groups in total. The van der Waals surface area contributed by atoms with Gasteiger partial charge in [-0.25, -0.2) is 4.79 Å². The first-order chi connectivity index (χ1) is 10.5. The molecule has 0 aliphatic rings. The van der Waals surface area contributed by atoms with Crippen LogP contribution < -0.4 is 5.32 Å². The molecule has 1 aromatic heterocycles. The number of amides is 1. The maximum absolute atomic E-state index is 12.1. The highest BCUT2D eigenvalue weighted by molar-refractivity contribution is 5.94. The predicted molar refractivity (Wildman–Crippen MR) is 82.5 cm³/mol. The number of nitrogens with one attached hydrogen (secondary N) is 1. The van der Waals surface area contributed by atoms with Crippen molar-refractivity contribution in [3.05, 3.63) is 66.0 Å². The maximum Gasteiger partial charge on any atom is 0.338 e. The van der Waals surface area contributed by atoms with Crippen LogP contribution in [0.3, 0.4) is 0 Å². The van der Waals surface area contributed by atoms with Crippen molar-refractivity contribution in [3.8, 4) is 0 Å². The Morgan fingerprint density at radius 2 is 1.68 bits per heavy atom. The van der Waals surface area contributed by atoms with Crippen molar-refractivity contribution in [2.45, 2.75) is 19.4 Å². The quantitative estimate of drug-likeness (QED) is 0.861. The molecule has 2 rings (SSSR count). The standard InChI is InChI=1S/C17H18N2O3/c1-17(2,19-15(20)13-8-10-18-11-9-13)12-22-16(21)14-6-4-3-5-7-14/h3-11H,12H2,1-2H3,(H,19,20). The zero-order valence-corrected chi connectivity index (χ0v) is 12.6. The van der Waals surface area contributed by atoms with E-state index in [9.17, 15) is 9.59 Å². The molecule has 22 heavy (non-hydrogen) atoms. The number of ether oxygens (including phenoxy) is 1. The maximum atomic E-state index is 12.1. The smallest absolute Gasteiger partial charge is 0.338 e. The third kappa shape index (κ3) is 4.41. The zero-order chi connectivity index (χ0) is 16.0. The summed E-state index contributed by atoms with van der Waals surface area (Å²) in [4.78, 5) is 27.9. The van der Waals surface area contributed by atoms with Crippen LogP contribution in [0, 0.1) is 0 Å². The molecule has 0 bridgehead atoms. The van der Waals surface area contributed by atoms with E-state index in [4.69, 9.17) is 4.74 Å². The summed E-state index contributed by atoms with van der Waals surface area (Å²) >= 11 is 0. The summed E-state index contributed by atoms with van der Waals surface area (Å²) in [7, 11) is 0. The van der Waals surface area contributed by atoms with Crippen LogP contribution in [-0.4, -0.2) is 29.0 Å². The minimum absolute atomic E-state index is 0.0809. The van der Waals surface area contributed by atoms with Gasteiger partial charge in [-0.05, 0) is 38.1 Å². The van der Waals surface area contributed by atoms with Crippen molar-refractivity contribution >= 4 is 11.9 Å². The fraction of sp³-hybridized carbons (Fsp3) is 0.235. The third-order valence-corrected chi connectivity index (χ3v) is 2.97. The van der Waals surface area contributed by atoms with E-state index in [0.29, 0.717) is 11.1 Å². The first-order valence-electron chi connectivity index (χ1n) is 6.93. The molecular weight excluding hydrogens is 280 g/mol. The first-order valence-corrected chi connectivity index (χ1v) is 6.93. The topological polar surface area (TPSA) is 68.3 Å². The van der Waals surface area contributed by atoms with E-state index in [2.05, 4.69) is 10.3 Å². The van der Waals surface area contributed by atoms with Gasteiger partial charge in [-0.1, -0.05) is 18.2 Å². The second-order valence-corrected chi connectivity index (χ2v) is 5.52. The molecule has 1 amide bonds. The Hall–Kier alpha value is -2.69. The van der Waals surface area contributed by atoms with E-state index in [1.807, 2.05) is 6.07 Å². The highest BCUT2D eigenvalue weighted by atomic mass is 16.5. The molecule has 0 unspecified atom stereocenters. The summed E-state index contributed by atoms with van der Waals surface area (Å²) in [5.74, 6) is -0.644. The van der Waals surface area contributed by atoms with Crippen LogP contribution in [0.15, 0.2) is 54.9 Å². The predicted octanol–water partition coefficient (Wildman–Crippen LogP) is 2.45. The van der Waals surface area contributed by atoms with Gasteiger partial charge in [-0.15, -0.1) is 0 Å². The third-order valence-electron chi connectivity index (χ3n) is 2.97. The SMILES string of the molecule is CC(C)(COC(=O)c1ccccc1)NC(=O)c1ccncc1. The number of carbonyl (C=O) groups excluding carboxylic acids is 2. The Labute approximate surface area is 129 Å². The number of benzene rings is 1. The van der Waals surface area contributed by atoms with Crippen molar-refractivity contribution in [1.29, 1.82) is 0 Å². The van der Waals surface area contributed by atoms with E-state index in [1.165, 1.54) is 0 Å². The molecule has 5 heteroatoms. The van der Waals surface area contributed by atoms with Gasteiger partial charge in [0.2, 0.25) is 0 Å². The van der Waals surface area contributed by atoms with Gasteiger partial charge < -0.3 is 10.1 Å². The molecule has 0 atom stereocenters. The fourth-order valence-corrected chi connectivity index (χ4v) is 1.82. The molecule has 0 aliphatic heterocycles. The second kappa shape index (κ2) is 6.85. The number of pyridine rings is 1. The molecule has 114 valence electrons. The molecule has 0 saturated heterocycles. The van der Waals surface area contributed by atoms with E-state index in [-0.39, 0.29) is 12.5 Å². The lowest BCUT2D eigenvalue weighted by molar-refractivity contribution is 0.0390. The number of hydrogen-bond donors (Lipinski definition) is 1. The number of hydrogen-bond acceptors (Lipinski definition) is 4. The largest absolute Gasteiger partial charge is 0.460 e. The molecule has 0 aliphatic carbocycles. The van der Waals surface area contributed by atoms with Crippen LogP contribution in [0.25, 0.3) is 0 Å². The lowest BCUT2D eigenvalue weighted by Gasteiger charge is -2.25. The molecule has 5 nitrogen and oxygen atoms in total. The van der Waals surface area contributed by atoms with Gasteiger partial charge in [0.25, 0.3) is 5.91 Å². The Morgan fingerprint density at radius 1 is 1.05 bits per heavy atom. The molecule has 2 aromatic rings. The van der Waals surface area contributed by atoms with Gasteiger partial charge in [-0.2, -0.15) is 0 Å². The lowest BCUT2D eigenvalue weighted by atomic mass is 10.1. The van der Waals surface area contributed by atoms with Gasteiger partial charge in [0, 0.05) is 18.0 Å². The van der Waals surface area contributed by atoms with Crippen LogP contribution in [0.1, 0.15) is 34.6 Å². The number of esters is 1. The van der Waals surface area contributed by atoms with Gasteiger partial charge in [0.1, 0.15) is 6.61 Å². The monoisotopic (exact) mass is 298 g/mol. The van der Waals surface area contributed by atoms with E-state index in [1.54, 1.807) is 62.6 Å². The highest BCUT2D eigenvalue weighted by Crippen LogP contribution is 2.08. The van der Waals surface area contributed by atoms with Gasteiger partial charge >= 0.3 is 5.97 Å². The van der Waals surface area contributed by atoms with Crippen molar-refractivity contribution in [2.24, 2.45) is 0 Å². The number of nitrogens with zero attached hydrogens (tertiary/aromatic N) is 1. The Morgan fingerprint density at radius 3 is 2.32 bits per heavy atom. The molecule has 0 spiro atoms. The molecule has 0 radical (unpaired) electrons. The van der Waals surface area contributed by atoms with E-state index < -0.39 is 11.5 Å². The van der Waals surface area contributed by atoms with Gasteiger partial charge in [0.15, 0.2) is 0 Å². The minimum Gasteiger partial charge on any atom is -0.460 e. The number of carbonyl (C=O) groups is 2. The van der Waals surface area contributed by atoms with Crippen molar-refractivity contribution in [2.75, 3.05) is 6.61 Å². The lowest BCUT2D eigenvalue weighted by Crippen LogP contribution is -2.47. The summed E-state index contributed by atoms with van der Waals surface area (Å²) in [6, 6.07) is 12.0. The van der Waals surface area contributed by atoms with Gasteiger partial charge in [0.05, 0.1) is 11.1 Å². The molecular formula is C17H18N2O3. The number of aromatic nitrogens is 1. The van der Waals surface area contributed by atoms with Crippen LogP contribution in [0.5, 0.6) is 0 Å². The van der Waals surface area contributed by atoms with E-state index >= 15 is 0 Å². The summed E-state index contributed by atoms with van der Waals surface area (Å²) in [5.41, 5.74) is 0.321. The van der Waals surface area contributed by atoms with Crippen LogP contribution in [0.4, 0.5) is 0 Å². The van der Waals surface area contributed by atoms with Crippen molar-refractivity contribution in [1.82, 2.24) is 10.3 Å². The minimum atomic E-state index is -0.676. The second-order valence-electron chi connectivity index (χ2n) is 5.52. The molecule has 1 aromatic carbocycles. The van der Waals surface area contributed by atoms with Gasteiger partial charge in [-0.3, -0.25) is 9.78 Å². The van der Waals surface area contributed by atoms with Crippen LogP contribution >= 0.6 is 0 Å².